The molecule has 0 unspecified atom stereocenters. The Morgan fingerprint density at radius 2 is 2.24 bits per heavy atom. The molecule has 1 aromatic rings. The van der Waals surface area contributed by atoms with E-state index in [1.165, 1.54) is 32.1 Å². The van der Waals surface area contributed by atoms with Gasteiger partial charge in [0, 0.05) is 6.04 Å². The van der Waals surface area contributed by atoms with Gasteiger partial charge in [0.2, 0.25) is 0 Å². The van der Waals surface area contributed by atoms with Crippen LogP contribution in [-0.4, -0.2) is 17.4 Å². The molecule has 0 spiro atoms. The van der Waals surface area contributed by atoms with Gasteiger partial charge in [-0.3, -0.25) is 5.43 Å². The molecule has 1 aromatic heterocycles. The third-order valence-corrected chi connectivity index (χ3v) is 3.05. The maximum Gasteiger partial charge on any atom is 0.187 e. The predicted octanol–water partition coefficient (Wildman–Crippen LogP) is 2.41. The normalized spacial score (nSPS) is 17.2. The molecule has 0 aliphatic heterocycles. The fourth-order valence-corrected chi connectivity index (χ4v) is 2.20. The summed E-state index contributed by atoms with van der Waals surface area (Å²) in [6.07, 6.45) is 9.53. The van der Waals surface area contributed by atoms with Crippen molar-refractivity contribution in [2.75, 3.05) is 0 Å². The molecule has 0 bridgehead atoms. The number of rotatable bonds is 3. The van der Waals surface area contributed by atoms with E-state index >= 15 is 0 Å². The first-order valence-electron chi connectivity index (χ1n) is 5.97. The molecule has 4 nitrogen and oxygen atoms in total. The number of hydrazone groups is 1. The number of hydrogen-bond donors (Lipinski definition) is 2. The standard InChI is InChI=1S/C12H17N3OS/c17-12(14-10-5-2-1-3-6-10)15-13-9-11-7-4-8-16-11/h4,7-10H,1-3,5-6H2,(H2,14,15,17)/b13-9+. The fraction of sp³-hybridized carbons (Fsp3) is 0.500. The lowest BCUT2D eigenvalue weighted by Crippen LogP contribution is -2.40. The predicted molar refractivity (Wildman–Crippen MR) is 72.0 cm³/mol. The summed E-state index contributed by atoms with van der Waals surface area (Å²) in [5, 5.41) is 7.86. The molecule has 92 valence electrons. The van der Waals surface area contributed by atoms with Gasteiger partial charge in [-0.1, -0.05) is 19.3 Å². The lowest BCUT2D eigenvalue weighted by atomic mass is 9.96. The largest absolute Gasteiger partial charge is 0.463 e. The molecule has 2 N–H and O–H groups in total. The van der Waals surface area contributed by atoms with E-state index < -0.39 is 0 Å². The maximum atomic E-state index is 5.16. The van der Waals surface area contributed by atoms with E-state index in [2.05, 4.69) is 15.8 Å². The van der Waals surface area contributed by atoms with Gasteiger partial charge >= 0.3 is 0 Å². The lowest BCUT2D eigenvalue weighted by molar-refractivity contribution is 0.412. The third kappa shape index (κ3) is 4.19. The van der Waals surface area contributed by atoms with Gasteiger partial charge in [0.15, 0.2) is 5.11 Å². The highest BCUT2D eigenvalue weighted by Crippen LogP contribution is 2.17. The van der Waals surface area contributed by atoms with E-state index in [9.17, 15) is 0 Å². The Labute approximate surface area is 106 Å². The Kier molecular flexibility index (Phi) is 4.55. The molecule has 0 radical (unpaired) electrons. The van der Waals surface area contributed by atoms with Crippen LogP contribution in [0.2, 0.25) is 0 Å². The number of nitrogens with one attached hydrogen (secondary N) is 2. The average Bonchev–Trinajstić information content (AvgIpc) is 2.83. The highest BCUT2D eigenvalue weighted by Gasteiger charge is 2.13. The Bertz CT molecular complexity index is 369. The third-order valence-electron chi connectivity index (χ3n) is 2.84. The van der Waals surface area contributed by atoms with Crippen molar-refractivity contribution < 1.29 is 4.42 Å². The van der Waals surface area contributed by atoms with Crippen molar-refractivity contribution in [3.05, 3.63) is 24.2 Å². The van der Waals surface area contributed by atoms with Crippen molar-refractivity contribution in [3.63, 3.8) is 0 Å². The van der Waals surface area contributed by atoms with Gasteiger partial charge in [0.25, 0.3) is 0 Å². The molecular weight excluding hydrogens is 234 g/mol. The first kappa shape index (κ1) is 12.1. The maximum absolute atomic E-state index is 5.16. The summed E-state index contributed by atoms with van der Waals surface area (Å²) in [5.74, 6) is 0.706. The zero-order chi connectivity index (χ0) is 11.9. The molecule has 0 amide bonds. The molecule has 1 fully saturated rings. The molecule has 1 aliphatic carbocycles. The van der Waals surface area contributed by atoms with E-state index in [1.807, 2.05) is 12.1 Å². The SMILES string of the molecule is S=C(N/N=C/c1ccco1)NC1CCCCC1. The summed E-state index contributed by atoms with van der Waals surface area (Å²) in [6, 6.07) is 4.16. The highest BCUT2D eigenvalue weighted by molar-refractivity contribution is 7.80. The topological polar surface area (TPSA) is 49.6 Å². The average molecular weight is 251 g/mol. The van der Waals surface area contributed by atoms with Crippen molar-refractivity contribution >= 4 is 23.5 Å². The minimum Gasteiger partial charge on any atom is -0.463 e. The summed E-state index contributed by atoms with van der Waals surface area (Å²) in [4.78, 5) is 0. The van der Waals surface area contributed by atoms with E-state index in [1.54, 1.807) is 12.5 Å². The quantitative estimate of drug-likeness (QED) is 0.492. The summed E-state index contributed by atoms with van der Waals surface area (Å²) < 4.78 is 5.11. The first-order chi connectivity index (χ1) is 8.34. The Balaban J connectivity index is 1.70. The van der Waals surface area contributed by atoms with Crippen molar-refractivity contribution in [1.82, 2.24) is 10.7 Å². The number of thiocarbonyl (C=S) groups is 1. The Hall–Kier alpha value is -1.36. The van der Waals surface area contributed by atoms with Crippen LogP contribution in [0.25, 0.3) is 0 Å². The molecule has 2 rings (SSSR count). The van der Waals surface area contributed by atoms with Crippen LogP contribution in [-0.2, 0) is 0 Å². The molecule has 5 heteroatoms. The first-order valence-corrected chi connectivity index (χ1v) is 6.38. The highest BCUT2D eigenvalue weighted by atomic mass is 32.1. The molecule has 17 heavy (non-hydrogen) atoms. The van der Waals surface area contributed by atoms with Crippen LogP contribution in [0.15, 0.2) is 27.9 Å². The lowest BCUT2D eigenvalue weighted by Gasteiger charge is -2.23. The van der Waals surface area contributed by atoms with Gasteiger partial charge in [0.05, 0.1) is 12.5 Å². The molecule has 1 saturated carbocycles. The molecule has 0 aromatic carbocycles. The molecule has 1 aliphatic rings. The second-order valence-corrected chi connectivity index (χ2v) is 4.60. The monoisotopic (exact) mass is 251 g/mol. The smallest absolute Gasteiger partial charge is 0.187 e. The molecule has 0 saturated heterocycles. The Morgan fingerprint density at radius 3 is 2.94 bits per heavy atom. The van der Waals surface area contributed by atoms with Crippen molar-refractivity contribution in [2.45, 2.75) is 38.1 Å². The van der Waals surface area contributed by atoms with Crippen molar-refractivity contribution in [1.29, 1.82) is 0 Å². The molecule has 0 atom stereocenters. The van der Waals surface area contributed by atoms with Crippen molar-refractivity contribution in [2.24, 2.45) is 5.10 Å². The van der Waals surface area contributed by atoms with Gasteiger partial charge < -0.3 is 9.73 Å². The van der Waals surface area contributed by atoms with Gasteiger partial charge in [0.1, 0.15) is 5.76 Å². The van der Waals surface area contributed by atoms with Crippen LogP contribution in [0.3, 0.4) is 0 Å². The van der Waals surface area contributed by atoms with E-state index in [0.29, 0.717) is 16.9 Å². The van der Waals surface area contributed by atoms with Gasteiger partial charge in [-0.05, 0) is 37.2 Å². The van der Waals surface area contributed by atoms with Crippen molar-refractivity contribution in [3.8, 4) is 0 Å². The van der Waals surface area contributed by atoms with Gasteiger partial charge in [-0.2, -0.15) is 5.10 Å². The fourth-order valence-electron chi connectivity index (χ4n) is 1.98. The summed E-state index contributed by atoms with van der Waals surface area (Å²) >= 11 is 5.16. The summed E-state index contributed by atoms with van der Waals surface area (Å²) in [5.41, 5.74) is 2.80. The Morgan fingerprint density at radius 1 is 1.41 bits per heavy atom. The van der Waals surface area contributed by atoms with Gasteiger partial charge in [-0.25, -0.2) is 0 Å². The van der Waals surface area contributed by atoms with Crippen LogP contribution in [0.4, 0.5) is 0 Å². The van der Waals surface area contributed by atoms with E-state index in [0.717, 1.165) is 0 Å². The minimum absolute atomic E-state index is 0.502. The summed E-state index contributed by atoms with van der Waals surface area (Å²) in [6.45, 7) is 0. The van der Waals surface area contributed by atoms with Crippen LogP contribution in [0.1, 0.15) is 37.9 Å². The van der Waals surface area contributed by atoms with E-state index in [4.69, 9.17) is 16.6 Å². The minimum atomic E-state index is 0.502. The number of furan rings is 1. The van der Waals surface area contributed by atoms with Crippen LogP contribution in [0.5, 0.6) is 0 Å². The zero-order valence-electron chi connectivity index (χ0n) is 9.69. The van der Waals surface area contributed by atoms with Gasteiger partial charge in [-0.15, -0.1) is 0 Å². The van der Waals surface area contributed by atoms with Crippen LogP contribution in [0, 0.1) is 0 Å². The molecular formula is C12H17N3OS. The molecule has 1 heterocycles. The number of hydrogen-bond acceptors (Lipinski definition) is 3. The van der Waals surface area contributed by atoms with Crippen LogP contribution < -0.4 is 10.7 Å². The summed E-state index contributed by atoms with van der Waals surface area (Å²) in [7, 11) is 0. The zero-order valence-corrected chi connectivity index (χ0v) is 10.5. The van der Waals surface area contributed by atoms with E-state index in [-0.39, 0.29) is 0 Å². The number of nitrogens with zero attached hydrogens (tertiary/aromatic N) is 1. The second kappa shape index (κ2) is 6.39. The van der Waals surface area contributed by atoms with Crippen LogP contribution >= 0.6 is 12.2 Å². The second-order valence-electron chi connectivity index (χ2n) is 4.19.